The van der Waals surface area contributed by atoms with Crippen LogP contribution >= 0.6 is 0 Å². The zero-order chi connectivity index (χ0) is 24.2. The molecule has 0 saturated carbocycles. The van der Waals surface area contributed by atoms with Gasteiger partial charge in [-0.05, 0) is 41.0 Å². The summed E-state index contributed by atoms with van der Waals surface area (Å²) in [7, 11) is 0. The molecule has 5 aromatic rings. The van der Waals surface area contributed by atoms with Crippen LogP contribution in [0.5, 0.6) is 0 Å². The molecule has 0 aliphatic carbocycles. The Hall–Kier alpha value is -4.78. The summed E-state index contributed by atoms with van der Waals surface area (Å²) < 4.78 is 0. The van der Waals surface area contributed by atoms with Crippen molar-refractivity contribution in [1.29, 1.82) is 0 Å². The smallest absolute Gasteiger partial charge is 0.254 e. The zero-order valence-corrected chi connectivity index (χ0v) is 18.8. The van der Waals surface area contributed by atoms with Gasteiger partial charge in [-0.15, -0.1) is 0 Å². The van der Waals surface area contributed by atoms with Gasteiger partial charge in [0.15, 0.2) is 0 Å². The number of carbonyl (C=O) groups is 2. The van der Waals surface area contributed by atoms with Crippen LogP contribution in [-0.4, -0.2) is 32.8 Å². The molecule has 2 aromatic heterocycles. The number of primary amides is 1. The maximum atomic E-state index is 13.2. The molecule has 0 spiro atoms. The number of nitrogens with zero attached hydrogens (tertiary/aromatic N) is 2. The molecule has 0 fully saturated rings. The number of hydrogen-bond acceptors (Lipinski definition) is 4. The minimum atomic E-state index is -0.862. The summed E-state index contributed by atoms with van der Waals surface area (Å²) in [5.41, 5.74) is 11.2. The Morgan fingerprint density at radius 2 is 1.54 bits per heavy atom. The number of nitrogens with one attached hydrogen (secondary N) is 2. The predicted molar refractivity (Wildman–Crippen MR) is 135 cm³/mol. The van der Waals surface area contributed by atoms with Gasteiger partial charge in [-0.3, -0.25) is 14.6 Å². The Kier molecular flexibility index (Phi) is 6.05. The van der Waals surface area contributed by atoms with Crippen molar-refractivity contribution in [3.63, 3.8) is 0 Å². The minimum Gasteiger partial charge on any atom is -0.368 e. The van der Waals surface area contributed by atoms with Gasteiger partial charge in [0, 0.05) is 24.4 Å². The summed E-state index contributed by atoms with van der Waals surface area (Å²) in [6.45, 7) is 0. The van der Waals surface area contributed by atoms with Crippen LogP contribution in [0, 0.1) is 0 Å². The van der Waals surface area contributed by atoms with Gasteiger partial charge in [-0.2, -0.15) is 0 Å². The molecule has 7 heteroatoms. The van der Waals surface area contributed by atoms with Crippen LogP contribution in [0.2, 0.25) is 0 Å². The summed E-state index contributed by atoms with van der Waals surface area (Å²) in [5.74, 6) is -0.377. The number of nitrogens with two attached hydrogens (primary N) is 1. The monoisotopic (exact) mass is 461 g/mol. The molecule has 0 aliphatic rings. The Balaban J connectivity index is 1.35. The number of aromatic amines is 1. The summed E-state index contributed by atoms with van der Waals surface area (Å²) in [6, 6.07) is 26.0. The third kappa shape index (κ3) is 4.79. The van der Waals surface area contributed by atoms with Crippen LogP contribution in [0.3, 0.4) is 0 Å². The van der Waals surface area contributed by atoms with Crippen LogP contribution in [0.4, 0.5) is 0 Å². The molecule has 0 radical (unpaired) electrons. The molecular weight excluding hydrogens is 438 g/mol. The van der Waals surface area contributed by atoms with Gasteiger partial charge < -0.3 is 16.0 Å². The molecular formula is C28H23N5O2. The molecule has 7 nitrogen and oxygen atoms in total. The average molecular weight is 462 g/mol. The van der Waals surface area contributed by atoms with Crippen molar-refractivity contribution in [2.75, 3.05) is 0 Å². The molecule has 5 rings (SSSR count). The molecule has 3 aromatic carbocycles. The maximum absolute atomic E-state index is 13.2. The van der Waals surface area contributed by atoms with E-state index >= 15 is 0 Å². The first-order chi connectivity index (χ1) is 17.1. The van der Waals surface area contributed by atoms with Crippen molar-refractivity contribution in [3.05, 3.63) is 108 Å². The van der Waals surface area contributed by atoms with Crippen molar-refractivity contribution in [1.82, 2.24) is 20.3 Å². The van der Waals surface area contributed by atoms with E-state index in [1.807, 2.05) is 72.8 Å². The second-order valence-corrected chi connectivity index (χ2v) is 8.22. The van der Waals surface area contributed by atoms with Gasteiger partial charge in [0.1, 0.15) is 17.4 Å². The molecule has 4 N–H and O–H groups in total. The fourth-order valence-electron chi connectivity index (χ4n) is 4.02. The van der Waals surface area contributed by atoms with Crippen molar-refractivity contribution in [2.45, 2.75) is 12.5 Å². The molecule has 0 aliphatic heterocycles. The topological polar surface area (TPSA) is 114 Å². The van der Waals surface area contributed by atoms with Gasteiger partial charge in [-0.1, -0.05) is 60.7 Å². The summed E-state index contributed by atoms with van der Waals surface area (Å²) in [4.78, 5) is 37.2. The number of para-hydroxylation sites is 1. The lowest BCUT2D eigenvalue weighted by Gasteiger charge is -2.16. The molecule has 172 valence electrons. The molecule has 0 bridgehead atoms. The lowest BCUT2D eigenvalue weighted by molar-refractivity contribution is -0.119. The number of fused-ring (bicyclic) bond motifs is 1. The third-order valence-electron chi connectivity index (χ3n) is 5.86. The van der Waals surface area contributed by atoms with Gasteiger partial charge in [-0.25, -0.2) is 4.98 Å². The molecule has 0 saturated heterocycles. The zero-order valence-electron chi connectivity index (χ0n) is 18.8. The molecule has 1 atom stereocenters. The number of aromatic nitrogens is 3. The van der Waals surface area contributed by atoms with Crippen LogP contribution in [0.15, 0.2) is 97.3 Å². The van der Waals surface area contributed by atoms with Crippen molar-refractivity contribution >= 4 is 22.8 Å². The van der Waals surface area contributed by atoms with E-state index in [4.69, 9.17) is 5.73 Å². The first-order valence-corrected chi connectivity index (χ1v) is 11.2. The molecule has 0 unspecified atom stereocenters. The van der Waals surface area contributed by atoms with Crippen molar-refractivity contribution in [2.24, 2.45) is 5.73 Å². The lowest BCUT2D eigenvalue weighted by Crippen LogP contribution is -2.45. The van der Waals surface area contributed by atoms with E-state index in [0.29, 0.717) is 16.9 Å². The van der Waals surface area contributed by atoms with Gasteiger partial charge >= 0.3 is 0 Å². The quantitative estimate of drug-likeness (QED) is 0.338. The number of hydrogen-bond donors (Lipinski definition) is 3. The Labute approximate surface area is 202 Å². The standard InChI is InChI=1S/C28H23N5O2/c29-26(34)24(17-18-9-11-20(12-10-18)19-5-2-1-3-6-19)32-28(35)22-7-4-8-23-25(22)33-27(31-23)21-13-15-30-16-14-21/h1-16,24H,17H2,(H2,29,34)(H,31,33)(H,32,35)/t24-/m0/s1. The van der Waals surface area contributed by atoms with Crippen molar-refractivity contribution in [3.8, 4) is 22.5 Å². The molecule has 35 heavy (non-hydrogen) atoms. The number of imidazole rings is 1. The predicted octanol–water partition coefficient (Wildman–Crippen LogP) is 4.12. The van der Waals surface area contributed by atoms with Crippen LogP contribution < -0.4 is 11.1 Å². The highest BCUT2D eigenvalue weighted by atomic mass is 16.2. The number of pyridine rings is 1. The first-order valence-electron chi connectivity index (χ1n) is 11.2. The van der Waals surface area contributed by atoms with E-state index in [1.54, 1.807) is 24.5 Å². The second kappa shape index (κ2) is 9.61. The number of amides is 2. The van der Waals surface area contributed by atoms with E-state index in [1.165, 1.54) is 0 Å². The third-order valence-corrected chi connectivity index (χ3v) is 5.86. The van der Waals surface area contributed by atoms with E-state index in [9.17, 15) is 9.59 Å². The van der Waals surface area contributed by atoms with E-state index in [-0.39, 0.29) is 6.42 Å². The largest absolute Gasteiger partial charge is 0.368 e. The fourth-order valence-corrected chi connectivity index (χ4v) is 4.02. The average Bonchev–Trinajstić information content (AvgIpc) is 3.34. The van der Waals surface area contributed by atoms with Crippen LogP contribution in [0.25, 0.3) is 33.5 Å². The second-order valence-electron chi connectivity index (χ2n) is 8.22. The van der Waals surface area contributed by atoms with Gasteiger partial charge in [0.25, 0.3) is 5.91 Å². The molecule has 2 amide bonds. The van der Waals surface area contributed by atoms with Crippen LogP contribution in [-0.2, 0) is 11.2 Å². The summed E-state index contributed by atoms with van der Waals surface area (Å²) in [6.07, 6.45) is 3.65. The van der Waals surface area contributed by atoms with Gasteiger partial charge in [0.05, 0.1) is 11.1 Å². The van der Waals surface area contributed by atoms with E-state index in [2.05, 4.69) is 20.3 Å². The molecule has 2 heterocycles. The van der Waals surface area contributed by atoms with Crippen LogP contribution in [0.1, 0.15) is 15.9 Å². The number of H-pyrrole nitrogens is 1. The SMILES string of the molecule is NC(=O)[C@H](Cc1ccc(-c2ccccc2)cc1)NC(=O)c1cccc2[nH]c(-c3ccncc3)nc12. The van der Waals surface area contributed by atoms with E-state index < -0.39 is 17.9 Å². The number of rotatable bonds is 7. The summed E-state index contributed by atoms with van der Waals surface area (Å²) in [5, 5.41) is 2.79. The normalized spacial score (nSPS) is 11.8. The number of carbonyl (C=O) groups excluding carboxylic acids is 2. The Bertz CT molecular complexity index is 1480. The minimum absolute atomic E-state index is 0.287. The van der Waals surface area contributed by atoms with Gasteiger partial charge in [0.2, 0.25) is 5.91 Å². The maximum Gasteiger partial charge on any atom is 0.254 e. The lowest BCUT2D eigenvalue weighted by atomic mass is 10.00. The van der Waals surface area contributed by atoms with Crippen molar-refractivity contribution < 1.29 is 9.59 Å². The highest BCUT2D eigenvalue weighted by Crippen LogP contribution is 2.23. The summed E-state index contributed by atoms with van der Waals surface area (Å²) >= 11 is 0. The highest BCUT2D eigenvalue weighted by Gasteiger charge is 2.22. The Morgan fingerprint density at radius 3 is 2.26 bits per heavy atom. The number of benzene rings is 3. The Morgan fingerprint density at radius 1 is 0.829 bits per heavy atom. The van der Waals surface area contributed by atoms with E-state index in [0.717, 1.165) is 27.8 Å². The first kappa shape index (κ1) is 22.0. The fraction of sp³-hybridized carbons (Fsp3) is 0.0714. The highest BCUT2D eigenvalue weighted by molar-refractivity contribution is 6.06.